The van der Waals surface area contributed by atoms with Gasteiger partial charge in [-0.25, -0.2) is 0 Å². The molecule has 1 amide bonds. The quantitative estimate of drug-likeness (QED) is 0.166. The lowest BCUT2D eigenvalue weighted by Gasteiger charge is -2.06. The maximum absolute atomic E-state index is 11.7. The monoisotopic (exact) mass is 388 g/mol. The largest absolute Gasteiger partial charge is 0.426 e. The number of carbonyl (C=O) groups excluding carboxylic acids is 2. The van der Waals surface area contributed by atoms with E-state index in [-0.39, 0.29) is 34.7 Å². The zero-order valence-corrected chi connectivity index (χ0v) is 13.9. The third-order valence-corrected chi connectivity index (χ3v) is 3.42. The smallest absolute Gasteiger partial charge is 0.311 e. The fraction of sp³-hybridized carbons (Fsp3) is 0.429. The number of rotatable bonds is 9. The number of halogens is 1. The van der Waals surface area contributed by atoms with E-state index in [1.54, 1.807) is 0 Å². The third-order valence-electron chi connectivity index (χ3n) is 2.91. The SMILES string of the molecule is O=C(CBr)NCCCCC(=O)Oc1ccc(CO)c([N+](=O)[O-])c1. The Morgan fingerprint density at radius 2 is 2.09 bits per heavy atom. The van der Waals surface area contributed by atoms with Gasteiger partial charge in [0.2, 0.25) is 5.91 Å². The highest BCUT2D eigenvalue weighted by Gasteiger charge is 2.15. The van der Waals surface area contributed by atoms with Crippen molar-refractivity contribution >= 4 is 33.5 Å². The maximum atomic E-state index is 11.7. The number of alkyl halides is 1. The third kappa shape index (κ3) is 6.74. The molecule has 0 bridgehead atoms. The number of unbranched alkanes of at least 4 members (excludes halogenated alkanes) is 1. The second-order valence-corrected chi connectivity index (χ2v) is 5.18. The molecule has 1 aromatic rings. The van der Waals surface area contributed by atoms with Crippen LogP contribution in [-0.2, 0) is 16.2 Å². The Balaban J connectivity index is 2.44. The van der Waals surface area contributed by atoms with Gasteiger partial charge in [-0.2, -0.15) is 0 Å². The molecule has 0 saturated carbocycles. The summed E-state index contributed by atoms with van der Waals surface area (Å²) in [4.78, 5) is 32.8. The molecule has 1 rings (SSSR count). The Bertz CT molecular complexity index is 578. The molecule has 0 aliphatic carbocycles. The van der Waals surface area contributed by atoms with Crippen molar-refractivity contribution in [2.75, 3.05) is 11.9 Å². The molecule has 0 aliphatic heterocycles. The molecule has 0 radical (unpaired) electrons. The van der Waals surface area contributed by atoms with Gasteiger partial charge < -0.3 is 15.2 Å². The fourth-order valence-corrected chi connectivity index (χ4v) is 1.96. The molecule has 0 spiro atoms. The van der Waals surface area contributed by atoms with E-state index in [2.05, 4.69) is 21.2 Å². The van der Waals surface area contributed by atoms with Gasteiger partial charge in [0.05, 0.1) is 28.5 Å². The standard InChI is InChI=1S/C14H17BrN2O6/c15-8-13(19)16-6-2-1-3-14(20)23-11-5-4-10(9-18)12(7-11)17(21)22/h4-5,7,18H,1-3,6,8-9H2,(H,16,19). The Morgan fingerprint density at radius 3 is 2.70 bits per heavy atom. The summed E-state index contributed by atoms with van der Waals surface area (Å²) in [6.07, 6.45) is 1.29. The summed E-state index contributed by atoms with van der Waals surface area (Å²) in [6.45, 7) is -0.000950. The number of amides is 1. The van der Waals surface area contributed by atoms with Crippen molar-refractivity contribution in [1.29, 1.82) is 0 Å². The molecule has 0 fully saturated rings. The van der Waals surface area contributed by atoms with Gasteiger partial charge in [-0.15, -0.1) is 0 Å². The van der Waals surface area contributed by atoms with E-state index in [9.17, 15) is 19.7 Å². The number of nitro benzene ring substituents is 1. The van der Waals surface area contributed by atoms with E-state index in [0.717, 1.165) is 6.07 Å². The van der Waals surface area contributed by atoms with E-state index < -0.39 is 17.5 Å². The number of aliphatic hydroxyl groups is 1. The van der Waals surface area contributed by atoms with Crippen LogP contribution >= 0.6 is 15.9 Å². The maximum Gasteiger partial charge on any atom is 0.311 e. The normalized spacial score (nSPS) is 10.2. The van der Waals surface area contributed by atoms with Gasteiger partial charge in [-0.1, -0.05) is 15.9 Å². The fourth-order valence-electron chi connectivity index (χ4n) is 1.76. The van der Waals surface area contributed by atoms with Crippen LogP contribution in [0, 0.1) is 10.1 Å². The summed E-state index contributed by atoms with van der Waals surface area (Å²) in [6, 6.07) is 3.85. The van der Waals surface area contributed by atoms with Crippen LogP contribution in [-0.4, -0.2) is 33.8 Å². The second kappa shape index (κ2) is 9.90. The van der Waals surface area contributed by atoms with Crippen LogP contribution in [0.2, 0.25) is 0 Å². The molecule has 2 N–H and O–H groups in total. The van der Waals surface area contributed by atoms with Crippen LogP contribution in [0.15, 0.2) is 18.2 Å². The minimum atomic E-state index is -0.643. The van der Waals surface area contributed by atoms with Gasteiger partial charge in [0.25, 0.3) is 5.69 Å². The summed E-state index contributed by atoms with van der Waals surface area (Å²) in [5, 5.41) is 22.8. The molecular weight excluding hydrogens is 372 g/mol. The highest BCUT2D eigenvalue weighted by atomic mass is 79.9. The summed E-state index contributed by atoms with van der Waals surface area (Å²) in [5.41, 5.74) is -0.146. The summed E-state index contributed by atoms with van der Waals surface area (Å²) in [5.74, 6) is -0.571. The molecule has 0 aromatic heterocycles. The van der Waals surface area contributed by atoms with Crippen LogP contribution in [0.3, 0.4) is 0 Å². The number of benzene rings is 1. The van der Waals surface area contributed by atoms with Crippen molar-refractivity contribution in [2.24, 2.45) is 0 Å². The average Bonchev–Trinajstić information content (AvgIpc) is 2.54. The highest BCUT2D eigenvalue weighted by molar-refractivity contribution is 9.09. The topological polar surface area (TPSA) is 119 Å². The Morgan fingerprint density at radius 1 is 1.35 bits per heavy atom. The number of ether oxygens (including phenoxy) is 1. The summed E-state index contributed by atoms with van der Waals surface area (Å²) < 4.78 is 5.03. The van der Waals surface area contributed by atoms with E-state index in [4.69, 9.17) is 9.84 Å². The lowest BCUT2D eigenvalue weighted by molar-refractivity contribution is -0.385. The predicted octanol–water partition coefficient (Wildman–Crippen LogP) is 1.67. The molecule has 0 heterocycles. The van der Waals surface area contributed by atoms with E-state index in [0.29, 0.717) is 19.4 Å². The molecule has 0 saturated heterocycles. The van der Waals surface area contributed by atoms with Crippen molar-refractivity contribution in [3.63, 3.8) is 0 Å². The van der Waals surface area contributed by atoms with Crippen LogP contribution in [0.25, 0.3) is 0 Å². The minimum absolute atomic E-state index is 0.0616. The number of esters is 1. The second-order valence-electron chi connectivity index (χ2n) is 4.62. The van der Waals surface area contributed by atoms with Gasteiger partial charge >= 0.3 is 5.97 Å². The van der Waals surface area contributed by atoms with E-state index in [1.807, 2.05) is 0 Å². The van der Waals surface area contributed by atoms with Gasteiger partial charge in [0.1, 0.15) is 5.75 Å². The molecule has 126 valence electrons. The Hall–Kier alpha value is -2.00. The summed E-state index contributed by atoms with van der Waals surface area (Å²) >= 11 is 3.02. The van der Waals surface area contributed by atoms with E-state index in [1.165, 1.54) is 12.1 Å². The lowest BCUT2D eigenvalue weighted by atomic mass is 10.2. The van der Waals surface area contributed by atoms with Crippen molar-refractivity contribution in [2.45, 2.75) is 25.9 Å². The van der Waals surface area contributed by atoms with Gasteiger partial charge in [-0.3, -0.25) is 19.7 Å². The van der Waals surface area contributed by atoms with Crippen molar-refractivity contribution < 1.29 is 24.4 Å². The zero-order valence-electron chi connectivity index (χ0n) is 12.3. The molecule has 9 heteroatoms. The molecule has 0 atom stereocenters. The number of nitro groups is 1. The number of nitrogens with one attached hydrogen (secondary N) is 1. The number of nitrogens with zero attached hydrogens (tertiary/aromatic N) is 1. The van der Waals surface area contributed by atoms with Gasteiger partial charge in [0, 0.05) is 13.0 Å². The first-order valence-electron chi connectivity index (χ1n) is 6.89. The lowest BCUT2D eigenvalue weighted by Crippen LogP contribution is -2.25. The summed E-state index contributed by atoms with van der Waals surface area (Å²) in [7, 11) is 0. The van der Waals surface area contributed by atoms with Crippen LogP contribution in [0.1, 0.15) is 24.8 Å². The number of hydrogen-bond donors (Lipinski definition) is 2. The highest BCUT2D eigenvalue weighted by Crippen LogP contribution is 2.25. The van der Waals surface area contributed by atoms with Crippen molar-refractivity contribution in [1.82, 2.24) is 5.32 Å². The number of hydrogen-bond acceptors (Lipinski definition) is 6. The van der Waals surface area contributed by atoms with Crippen molar-refractivity contribution in [3.05, 3.63) is 33.9 Å². The molecular formula is C14H17BrN2O6. The predicted molar refractivity (Wildman–Crippen MR) is 85.3 cm³/mol. The molecule has 0 aliphatic rings. The first-order chi connectivity index (χ1) is 11.0. The number of aliphatic hydroxyl groups excluding tert-OH is 1. The molecule has 0 unspecified atom stereocenters. The Labute approximate surface area is 141 Å². The molecule has 23 heavy (non-hydrogen) atoms. The van der Waals surface area contributed by atoms with Gasteiger partial charge in [0.15, 0.2) is 0 Å². The first kappa shape index (κ1) is 19.0. The van der Waals surface area contributed by atoms with E-state index >= 15 is 0 Å². The van der Waals surface area contributed by atoms with Gasteiger partial charge in [-0.05, 0) is 25.0 Å². The first-order valence-corrected chi connectivity index (χ1v) is 8.01. The van der Waals surface area contributed by atoms with Crippen LogP contribution < -0.4 is 10.1 Å². The van der Waals surface area contributed by atoms with Crippen LogP contribution in [0.5, 0.6) is 5.75 Å². The van der Waals surface area contributed by atoms with Crippen molar-refractivity contribution in [3.8, 4) is 5.75 Å². The minimum Gasteiger partial charge on any atom is -0.426 e. The Kier molecular flexibility index (Phi) is 8.20. The molecule has 1 aromatic carbocycles. The molecule has 8 nitrogen and oxygen atoms in total. The zero-order chi connectivity index (χ0) is 17.2. The number of carbonyl (C=O) groups is 2. The average molecular weight is 389 g/mol. The van der Waals surface area contributed by atoms with Crippen LogP contribution in [0.4, 0.5) is 5.69 Å².